The van der Waals surface area contributed by atoms with Gasteiger partial charge in [0.2, 0.25) is 11.8 Å². The monoisotopic (exact) mass is 328 g/mol. The van der Waals surface area contributed by atoms with Gasteiger partial charge in [0.25, 0.3) is 0 Å². The quantitative estimate of drug-likeness (QED) is 0.765. The van der Waals surface area contributed by atoms with Gasteiger partial charge in [0.1, 0.15) is 17.9 Å². The highest BCUT2D eigenvalue weighted by molar-refractivity contribution is 6.03. The topological polar surface area (TPSA) is 76.7 Å². The van der Waals surface area contributed by atoms with Gasteiger partial charge in [0, 0.05) is 23.9 Å². The standard InChI is InChI=1S/C18H20N2O4/c1-23-15-8-5-7-14(10-15)20-18(22)11-17(21)19-12-13-6-3-4-9-16(13)24-2/h3-10H,11-12H2,1-2H3,(H,19,21)(H,20,22). The normalized spacial score (nSPS) is 9.92. The molecule has 2 rings (SSSR count). The van der Waals surface area contributed by atoms with Crippen LogP contribution in [-0.4, -0.2) is 26.0 Å². The van der Waals surface area contributed by atoms with Crippen LogP contribution in [0.25, 0.3) is 0 Å². The molecule has 2 aromatic rings. The summed E-state index contributed by atoms with van der Waals surface area (Å²) in [5.74, 6) is 0.578. The first kappa shape index (κ1) is 17.3. The molecular formula is C18H20N2O4. The first-order valence-corrected chi connectivity index (χ1v) is 7.45. The van der Waals surface area contributed by atoms with Crippen LogP contribution < -0.4 is 20.1 Å². The zero-order valence-electron chi connectivity index (χ0n) is 13.7. The van der Waals surface area contributed by atoms with E-state index in [-0.39, 0.29) is 18.2 Å². The fourth-order valence-electron chi connectivity index (χ4n) is 2.16. The van der Waals surface area contributed by atoms with E-state index in [1.54, 1.807) is 38.5 Å². The Morgan fingerprint density at radius 2 is 1.75 bits per heavy atom. The maximum Gasteiger partial charge on any atom is 0.233 e. The molecule has 2 aromatic carbocycles. The van der Waals surface area contributed by atoms with Crippen molar-refractivity contribution in [2.45, 2.75) is 13.0 Å². The molecule has 0 saturated carbocycles. The zero-order valence-corrected chi connectivity index (χ0v) is 13.7. The van der Waals surface area contributed by atoms with Crippen molar-refractivity contribution in [2.75, 3.05) is 19.5 Å². The molecule has 2 amide bonds. The number of ether oxygens (including phenoxy) is 2. The predicted molar refractivity (Wildman–Crippen MR) is 91.1 cm³/mol. The Bertz CT molecular complexity index is 716. The van der Waals surface area contributed by atoms with E-state index in [1.807, 2.05) is 24.3 Å². The highest BCUT2D eigenvalue weighted by Gasteiger charge is 2.11. The van der Waals surface area contributed by atoms with Crippen molar-refractivity contribution in [1.82, 2.24) is 5.32 Å². The fraction of sp³-hybridized carbons (Fsp3) is 0.222. The smallest absolute Gasteiger partial charge is 0.233 e. The maximum atomic E-state index is 11.9. The SMILES string of the molecule is COc1cccc(NC(=O)CC(=O)NCc2ccccc2OC)c1. The minimum absolute atomic E-state index is 0.258. The number of carbonyl (C=O) groups excluding carboxylic acids is 2. The minimum Gasteiger partial charge on any atom is -0.497 e. The Labute approximate surface area is 140 Å². The van der Waals surface area contributed by atoms with E-state index >= 15 is 0 Å². The minimum atomic E-state index is -0.388. The molecule has 0 atom stereocenters. The highest BCUT2D eigenvalue weighted by atomic mass is 16.5. The van der Waals surface area contributed by atoms with E-state index in [1.165, 1.54) is 0 Å². The van der Waals surface area contributed by atoms with Gasteiger partial charge in [-0.15, -0.1) is 0 Å². The van der Waals surface area contributed by atoms with Gasteiger partial charge in [-0.2, -0.15) is 0 Å². The van der Waals surface area contributed by atoms with E-state index in [0.29, 0.717) is 23.7 Å². The van der Waals surface area contributed by atoms with Gasteiger partial charge in [0.05, 0.1) is 14.2 Å². The Morgan fingerprint density at radius 1 is 0.958 bits per heavy atom. The molecule has 0 radical (unpaired) electrons. The first-order valence-electron chi connectivity index (χ1n) is 7.45. The third-order valence-corrected chi connectivity index (χ3v) is 3.34. The lowest BCUT2D eigenvalue weighted by atomic mass is 10.2. The molecule has 126 valence electrons. The lowest BCUT2D eigenvalue weighted by molar-refractivity contribution is -0.126. The van der Waals surface area contributed by atoms with Crippen LogP contribution in [0.15, 0.2) is 48.5 Å². The molecule has 0 aliphatic carbocycles. The number of rotatable bonds is 7. The van der Waals surface area contributed by atoms with Crippen LogP contribution in [0, 0.1) is 0 Å². The number of methoxy groups -OCH3 is 2. The van der Waals surface area contributed by atoms with Gasteiger partial charge >= 0.3 is 0 Å². The van der Waals surface area contributed by atoms with Crippen molar-refractivity contribution in [3.05, 3.63) is 54.1 Å². The largest absolute Gasteiger partial charge is 0.497 e. The van der Waals surface area contributed by atoms with Crippen molar-refractivity contribution in [1.29, 1.82) is 0 Å². The molecule has 0 spiro atoms. The van der Waals surface area contributed by atoms with Crippen molar-refractivity contribution in [3.8, 4) is 11.5 Å². The number of anilines is 1. The Morgan fingerprint density at radius 3 is 2.50 bits per heavy atom. The van der Waals surface area contributed by atoms with Crippen LogP contribution in [0.5, 0.6) is 11.5 Å². The summed E-state index contributed by atoms with van der Waals surface area (Å²) in [4.78, 5) is 23.8. The molecule has 2 N–H and O–H groups in total. The van der Waals surface area contributed by atoms with E-state index in [0.717, 1.165) is 5.56 Å². The highest BCUT2D eigenvalue weighted by Crippen LogP contribution is 2.17. The number of hydrogen-bond donors (Lipinski definition) is 2. The van der Waals surface area contributed by atoms with Crippen LogP contribution in [-0.2, 0) is 16.1 Å². The lowest BCUT2D eigenvalue weighted by Crippen LogP contribution is -2.27. The first-order chi connectivity index (χ1) is 11.6. The van der Waals surface area contributed by atoms with Crippen LogP contribution >= 0.6 is 0 Å². The van der Waals surface area contributed by atoms with E-state index in [2.05, 4.69) is 10.6 Å². The number of carbonyl (C=O) groups is 2. The van der Waals surface area contributed by atoms with Crippen molar-refractivity contribution < 1.29 is 19.1 Å². The summed E-state index contributed by atoms with van der Waals surface area (Å²) in [5.41, 5.74) is 1.43. The summed E-state index contributed by atoms with van der Waals surface area (Å²) in [5, 5.41) is 5.37. The third kappa shape index (κ3) is 5.01. The Balaban J connectivity index is 1.84. The summed E-state index contributed by atoms with van der Waals surface area (Å²) < 4.78 is 10.3. The van der Waals surface area contributed by atoms with Gasteiger partial charge in [-0.05, 0) is 18.2 Å². The Hall–Kier alpha value is -3.02. The number of hydrogen-bond acceptors (Lipinski definition) is 4. The molecular weight excluding hydrogens is 308 g/mol. The zero-order chi connectivity index (χ0) is 17.4. The number of nitrogens with one attached hydrogen (secondary N) is 2. The summed E-state index contributed by atoms with van der Waals surface area (Å²) in [7, 11) is 3.12. The Kier molecular flexibility index (Phi) is 6.19. The third-order valence-electron chi connectivity index (χ3n) is 3.34. The van der Waals surface area contributed by atoms with Crippen LogP contribution in [0.1, 0.15) is 12.0 Å². The van der Waals surface area contributed by atoms with Crippen molar-refractivity contribution in [2.24, 2.45) is 0 Å². The second-order valence-corrected chi connectivity index (χ2v) is 5.05. The molecule has 0 heterocycles. The van der Waals surface area contributed by atoms with Gasteiger partial charge in [-0.1, -0.05) is 24.3 Å². The molecule has 0 saturated heterocycles. The lowest BCUT2D eigenvalue weighted by Gasteiger charge is -2.10. The van der Waals surface area contributed by atoms with E-state index < -0.39 is 0 Å². The second kappa shape index (κ2) is 8.57. The molecule has 6 nitrogen and oxygen atoms in total. The molecule has 0 aliphatic rings. The van der Waals surface area contributed by atoms with Crippen LogP contribution in [0.2, 0.25) is 0 Å². The molecule has 0 bridgehead atoms. The molecule has 0 fully saturated rings. The summed E-state index contributed by atoms with van der Waals surface area (Å²) >= 11 is 0. The van der Waals surface area contributed by atoms with Crippen LogP contribution in [0.3, 0.4) is 0 Å². The van der Waals surface area contributed by atoms with E-state index in [4.69, 9.17) is 9.47 Å². The maximum absolute atomic E-state index is 11.9. The predicted octanol–water partition coefficient (Wildman–Crippen LogP) is 2.35. The van der Waals surface area contributed by atoms with Gasteiger partial charge in [-0.3, -0.25) is 9.59 Å². The molecule has 0 aliphatic heterocycles. The van der Waals surface area contributed by atoms with Gasteiger partial charge in [0.15, 0.2) is 0 Å². The molecule has 0 unspecified atom stereocenters. The average molecular weight is 328 g/mol. The number of amides is 2. The van der Waals surface area contributed by atoms with E-state index in [9.17, 15) is 9.59 Å². The average Bonchev–Trinajstić information content (AvgIpc) is 2.60. The fourth-order valence-corrected chi connectivity index (χ4v) is 2.16. The number of para-hydroxylation sites is 1. The van der Waals surface area contributed by atoms with Crippen molar-refractivity contribution >= 4 is 17.5 Å². The number of benzene rings is 2. The summed E-state index contributed by atoms with van der Waals surface area (Å²) in [6, 6.07) is 14.3. The van der Waals surface area contributed by atoms with Crippen molar-refractivity contribution in [3.63, 3.8) is 0 Å². The van der Waals surface area contributed by atoms with Crippen LogP contribution in [0.4, 0.5) is 5.69 Å². The van der Waals surface area contributed by atoms with Gasteiger partial charge < -0.3 is 20.1 Å². The van der Waals surface area contributed by atoms with Gasteiger partial charge in [-0.25, -0.2) is 0 Å². The summed E-state index contributed by atoms with van der Waals surface area (Å²) in [6.07, 6.45) is -0.258. The molecule has 6 heteroatoms. The summed E-state index contributed by atoms with van der Waals surface area (Å²) in [6.45, 7) is 0.301. The molecule has 0 aromatic heterocycles. The second-order valence-electron chi connectivity index (χ2n) is 5.05. The molecule has 24 heavy (non-hydrogen) atoms.